The summed E-state index contributed by atoms with van der Waals surface area (Å²) in [6, 6.07) is 3.28. The minimum atomic E-state index is -0.373. The van der Waals surface area contributed by atoms with Crippen LogP contribution in [0.5, 0.6) is 17.2 Å². The van der Waals surface area contributed by atoms with Crippen molar-refractivity contribution in [2.45, 2.75) is 6.92 Å². The van der Waals surface area contributed by atoms with Crippen molar-refractivity contribution in [2.24, 2.45) is 0 Å². The van der Waals surface area contributed by atoms with E-state index in [1.54, 1.807) is 19.1 Å². The molecule has 0 spiro atoms. The molecule has 1 amide bonds. The molecule has 0 bridgehead atoms. The Balaban J connectivity index is 2.29. The maximum atomic E-state index is 12.2. The predicted molar refractivity (Wildman–Crippen MR) is 80.8 cm³/mol. The average Bonchev–Trinajstić information content (AvgIpc) is 2.54. The van der Waals surface area contributed by atoms with Gasteiger partial charge in [-0.05, 0) is 6.92 Å². The Morgan fingerprint density at radius 3 is 2.09 bits per heavy atom. The zero-order chi connectivity index (χ0) is 16.1. The van der Waals surface area contributed by atoms with Crippen LogP contribution in [0.4, 0.5) is 5.69 Å². The molecule has 116 valence electrons. The summed E-state index contributed by atoms with van der Waals surface area (Å²) in [5.74, 6) is 0.985. The van der Waals surface area contributed by atoms with Crippen molar-refractivity contribution in [1.82, 2.24) is 9.97 Å². The first-order chi connectivity index (χ1) is 10.6. The van der Waals surface area contributed by atoms with E-state index in [-0.39, 0.29) is 11.6 Å². The second-order valence-corrected chi connectivity index (χ2v) is 4.41. The first-order valence-corrected chi connectivity index (χ1v) is 6.49. The standard InChI is InChI=1S/C15H17N3O4/c1-9-7-17-11(8-16-9)15(19)18-10-5-12(20-2)14(22-4)13(6-10)21-3/h5-8H,1-4H3,(H,18,19). The molecule has 7 heteroatoms. The smallest absolute Gasteiger partial charge is 0.275 e. The summed E-state index contributed by atoms with van der Waals surface area (Å²) in [5, 5.41) is 2.72. The SMILES string of the molecule is COc1cc(NC(=O)c2cnc(C)cn2)cc(OC)c1OC. The highest BCUT2D eigenvalue weighted by molar-refractivity contribution is 6.03. The fourth-order valence-electron chi connectivity index (χ4n) is 1.86. The zero-order valence-electron chi connectivity index (χ0n) is 12.8. The molecule has 2 rings (SSSR count). The lowest BCUT2D eigenvalue weighted by atomic mass is 10.2. The van der Waals surface area contributed by atoms with Crippen LogP contribution in [-0.2, 0) is 0 Å². The molecule has 1 aromatic carbocycles. The number of benzene rings is 1. The third kappa shape index (κ3) is 3.25. The number of amides is 1. The van der Waals surface area contributed by atoms with Crippen LogP contribution in [-0.4, -0.2) is 37.2 Å². The fourth-order valence-corrected chi connectivity index (χ4v) is 1.86. The van der Waals surface area contributed by atoms with Gasteiger partial charge in [0.2, 0.25) is 5.75 Å². The van der Waals surface area contributed by atoms with Crippen LogP contribution in [0.15, 0.2) is 24.5 Å². The van der Waals surface area contributed by atoms with Crippen molar-refractivity contribution in [1.29, 1.82) is 0 Å². The van der Waals surface area contributed by atoms with Gasteiger partial charge in [-0.1, -0.05) is 0 Å². The van der Waals surface area contributed by atoms with Crippen molar-refractivity contribution in [3.8, 4) is 17.2 Å². The van der Waals surface area contributed by atoms with Gasteiger partial charge in [0, 0.05) is 24.0 Å². The zero-order valence-corrected chi connectivity index (χ0v) is 12.8. The highest BCUT2D eigenvalue weighted by Gasteiger charge is 2.15. The van der Waals surface area contributed by atoms with E-state index in [2.05, 4.69) is 15.3 Å². The van der Waals surface area contributed by atoms with Gasteiger partial charge in [0.15, 0.2) is 11.5 Å². The van der Waals surface area contributed by atoms with E-state index in [9.17, 15) is 4.79 Å². The number of carbonyl (C=O) groups is 1. The van der Waals surface area contributed by atoms with Gasteiger partial charge in [-0.15, -0.1) is 0 Å². The molecule has 0 atom stereocenters. The first kappa shape index (κ1) is 15.6. The third-order valence-corrected chi connectivity index (χ3v) is 2.94. The van der Waals surface area contributed by atoms with Crippen molar-refractivity contribution in [3.63, 3.8) is 0 Å². The molecular weight excluding hydrogens is 286 g/mol. The Hall–Kier alpha value is -2.83. The number of carbonyl (C=O) groups excluding carboxylic acids is 1. The lowest BCUT2D eigenvalue weighted by molar-refractivity contribution is 0.102. The molecule has 0 aliphatic rings. The molecule has 0 saturated carbocycles. The van der Waals surface area contributed by atoms with Crippen LogP contribution in [0.25, 0.3) is 0 Å². The molecule has 7 nitrogen and oxygen atoms in total. The molecule has 0 fully saturated rings. The summed E-state index contributed by atoms with van der Waals surface area (Å²) in [7, 11) is 4.53. The number of ether oxygens (including phenoxy) is 3. The highest BCUT2D eigenvalue weighted by atomic mass is 16.5. The van der Waals surface area contributed by atoms with Crippen molar-refractivity contribution < 1.29 is 19.0 Å². The topological polar surface area (TPSA) is 82.6 Å². The second-order valence-electron chi connectivity index (χ2n) is 4.41. The quantitative estimate of drug-likeness (QED) is 0.910. The number of hydrogen-bond acceptors (Lipinski definition) is 6. The number of aryl methyl sites for hydroxylation is 1. The van der Waals surface area contributed by atoms with Gasteiger partial charge in [-0.2, -0.15) is 0 Å². The van der Waals surface area contributed by atoms with Gasteiger partial charge in [-0.25, -0.2) is 4.98 Å². The molecule has 0 radical (unpaired) electrons. The van der Waals surface area contributed by atoms with E-state index in [1.807, 2.05) is 0 Å². The number of nitrogens with zero attached hydrogens (tertiary/aromatic N) is 2. The molecule has 1 heterocycles. The third-order valence-electron chi connectivity index (χ3n) is 2.94. The van der Waals surface area contributed by atoms with Crippen molar-refractivity contribution in [3.05, 3.63) is 35.9 Å². The van der Waals surface area contributed by atoms with Crippen LogP contribution in [0.3, 0.4) is 0 Å². The summed E-state index contributed by atoms with van der Waals surface area (Å²) in [4.78, 5) is 20.2. The lowest BCUT2D eigenvalue weighted by Gasteiger charge is -2.14. The van der Waals surface area contributed by atoms with Gasteiger partial charge in [-0.3, -0.25) is 9.78 Å². The van der Waals surface area contributed by atoms with E-state index in [4.69, 9.17) is 14.2 Å². The average molecular weight is 303 g/mol. The van der Waals surface area contributed by atoms with E-state index in [1.165, 1.54) is 33.7 Å². The van der Waals surface area contributed by atoms with Gasteiger partial charge in [0.25, 0.3) is 5.91 Å². The summed E-state index contributed by atoms with van der Waals surface area (Å²) in [6.45, 7) is 1.80. The van der Waals surface area contributed by atoms with Crippen molar-refractivity contribution in [2.75, 3.05) is 26.6 Å². The van der Waals surface area contributed by atoms with Crippen LogP contribution < -0.4 is 19.5 Å². The lowest BCUT2D eigenvalue weighted by Crippen LogP contribution is -2.14. The molecule has 0 saturated heterocycles. The van der Waals surface area contributed by atoms with Crippen molar-refractivity contribution >= 4 is 11.6 Å². The largest absolute Gasteiger partial charge is 0.493 e. The van der Waals surface area contributed by atoms with Gasteiger partial charge in [0.1, 0.15) is 5.69 Å². The summed E-state index contributed by atoms with van der Waals surface area (Å²) in [6.07, 6.45) is 2.95. The summed E-state index contributed by atoms with van der Waals surface area (Å²) in [5.41, 5.74) is 1.46. The molecule has 0 aliphatic carbocycles. The second kappa shape index (κ2) is 6.75. The number of aromatic nitrogens is 2. The van der Waals surface area contributed by atoms with Crippen LogP contribution in [0.1, 0.15) is 16.2 Å². The van der Waals surface area contributed by atoms with E-state index < -0.39 is 0 Å². The van der Waals surface area contributed by atoms with E-state index in [0.29, 0.717) is 22.9 Å². The van der Waals surface area contributed by atoms with E-state index >= 15 is 0 Å². The van der Waals surface area contributed by atoms with Crippen LogP contribution in [0, 0.1) is 6.92 Å². The van der Waals surface area contributed by atoms with Crippen LogP contribution >= 0.6 is 0 Å². The van der Waals surface area contributed by atoms with Crippen LogP contribution in [0.2, 0.25) is 0 Å². The molecule has 0 aliphatic heterocycles. The number of rotatable bonds is 5. The molecule has 2 aromatic rings. The Morgan fingerprint density at radius 1 is 1.00 bits per heavy atom. The van der Waals surface area contributed by atoms with E-state index in [0.717, 1.165) is 5.69 Å². The Kier molecular flexibility index (Phi) is 4.77. The van der Waals surface area contributed by atoms with Gasteiger partial charge >= 0.3 is 0 Å². The minimum absolute atomic E-state index is 0.222. The Labute approximate surface area is 128 Å². The fraction of sp³-hybridized carbons (Fsp3) is 0.267. The molecule has 22 heavy (non-hydrogen) atoms. The monoisotopic (exact) mass is 303 g/mol. The molecular formula is C15H17N3O4. The Morgan fingerprint density at radius 2 is 1.64 bits per heavy atom. The van der Waals surface area contributed by atoms with Gasteiger partial charge in [0.05, 0.1) is 33.2 Å². The molecule has 0 unspecified atom stereocenters. The Bertz CT molecular complexity index is 646. The number of nitrogens with one attached hydrogen (secondary N) is 1. The summed E-state index contributed by atoms with van der Waals surface area (Å²) < 4.78 is 15.7. The van der Waals surface area contributed by atoms with Gasteiger partial charge < -0.3 is 19.5 Å². The molecule has 1 aromatic heterocycles. The maximum Gasteiger partial charge on any atom is 0.275 e. The number of anilines is 1. The summed E-state index contributed by atoms with van der Waals surface area (Å²) >= 11 is 0. The highest BCUT2D eigenvalue weighted by Crippen LogP contribution is 2.39. The number of methoxy groups -OCH3 is 3. The molecule has 1 N–H and O–H groups in total. The normalized spacial score (nSPS) is 10.0. The minimum Gasteiger partial charge on any atom is -0.493 e. The number of hydrogen-bond donors (Lipinski definition) is 1. The first-order valence-electron chi connectivity index (χ1n) is 6.49. The maximum absolute atomic E-state index is 12.2. The predicted octanol–water partition coefficient (Wildman–Crippen LogP) is 2.06.